The number of nitrogens with zero attached hydrogens (tertiary/aromatic N) is 3. The lowest BCUT2D eigenvalue weighted by Crippen LogP contribution is -2.07. The maximum absolute atomic E-state index is 9.78. The van der Waals surface area contributed by atoms with Crippen molar-refractivity contribution in [2.24, 2.45) is 0 Å². The summed E-state index contributed by atoms with van der Waals surface area (Å²) in [6.07, 6.45) is 15.7. The lowest BCUT2D eigenvalue weighted by atomic mass is 10.0. The summed E-state index contributed by atoms with van der Waals surface area (Å²) >= 11 is 0. The van der Waals surface area contributed by atoms with Crippen molar-refractivity contribution in [1.82, 2.24) is 15.3 Å². The van der Waals surface area contributed by atoms with Gasteiger partial charge in [-0.05, 0) is 56.0 Å². The Kier molecular flexibility index (Phi) is 9.79. The molecule has 0 saturated heterocycles. The molecule has 2 aromatic heterocycles. The maximum atomic E-state index is 9.78. The van der Waals surface area contributed by atoms with Gasteiger partial charge in [0.05, 0.1) is 11.3 Å². The van der Waals surface area contributed by atoms with Gasteiger partial charge >= 0.3 is 0 Å². The summed E-state index contributed by atoms with van der Waals surface area (Å²) in [5, 5.41) is 23.8. The van der Waals surface area contributed by atoms with Crippen LogP contribution in [-0.2, 0) is 6.54 Å². The van der Waals surface area contributed by atoms with Gasteiger partial charge in [-0.1, -0.05) is 36.8 Å². The molecule has 2 rings (SSSR count). The van der Waals surface area contributed by atoms with Crippen LogP contribution < -0.4 is 10.6 Å². The maximum Gasteiger partial charge on any atom is 0.129 e. The molecule has 3 N–H and O–H groups in total. The number of nitrogens with one attached hydrogen (secondary N) is 3. The average molecular weight is 441 g/mol. The second-order valence-electron chi connectivity index (χ2n) is 7.53. The highest BCUT2D eigenvalue weighted by Crippen LogP contribution is 2.24. The third kappa shape index (κ3) is 6.75. The molecule has 0 saturated carbocycles. The predicted octanol–water partition coefficient (Wildman–Crippen LogP) is 5.79. The minimum absolute atomic E-state index is 0.479. The van der Waals surface area contributed by atoms with Crippen molar-refractivity contribution in [1.29, 1.82) is 10.7 Å². The predicted molar refractivity (Wildman–Crippen MR) is 138 cm³/mol. The topological polar surface area (TPSA) is 97.5 Å². The summed E-state index contributed by atoms with van der Waals surface area (Å²) in [5.41, 5.74) is 6.80. The minimum Gasteiger partial charge on any atom is -0.393 e. The fraction of sp³-hybridized carbons (Fsp3) is 0.259. The van der Waals surface area contributed by atoms with Gasteiger partial charge in [0, 0.05) is 49.5 Å². The second-order valence-corrected chi connectivity index (χ2v) is 7.53. The SMILES string of the molecule is C\C=C/C(=C\C(C)=C\CC)c1ncc(CNc2nccc(/C(C=N)=C/NC)c2C)cc1C#N. The van der Waals surface area contributed by atoms with Crippen LogP contribution in [0.25, 0.3) is 11.1 Å². The van der Waals surface area contributed by atoms with Crippen LogP contribution in [0.5, 0.6) is 0 Å². The molecule has 0 unspecified atom stereocenters. The summed E-state index contributed by atoms with van der Waals surface area (Å²) < 4.78 is 0. The first-order chi connectivity index (χ1) is 16.0. The zero-order valence-electron chi connectivity index (χ0n) is 20.0. The number of pyridine rings is 2. The van der Waals surface area contributed by atoms with E-state index < -0.39 is 0 Å². The van der Waals surface area contributed by atoms with Gasteiger partial charge in [-0.3, -0.25) is 4.98 Å². The van der Waals surface area contributed by atoms with Crippen molar-refractivity contribution in [3.05, 3.63) is 88.6 Å². The highest BCUT2D eigenvalue weighted by molar-refractivity contribution is 6.09. The van der Waals surface area contributed by atoms with Crippen LogP contribution in [-0.4, -0.2) is 23.2 Å². The monoisotopic (exact) mass is 440 g/mol. The number of hydrogen-bond donors (Lipinski definition) is 3. The van der Waals surface area contributed by atoms with Crippen molar-refractivity contribution >= 4 is 23.2 Å². The van der Waals surface area contributed by atoms with Gasteiger partial charge < -0.3 is 16.0 Å². The number of aromatic nitrogens is 2. The van der Waals surface area contributed by atoms with Crippen LogP contribution in [0.4, 0.5) is 5.82 Å². The van der Waals surface area contributed by atoms with E-state index in [1.807, 2.05) is 38.1 Å². The molecule has 0 bridgehead atoms. The fourth-order valence-corrected chi connectivity index (χ4v) is 3.49. The Morgan fingerprint density at radius 3 is 2.70 bits per heavy atom. The highest BCUT2D eigenvalue weighted by atomic mass is 15.0. The molecule has 2 heterocycles. The lowest BCUT2D eigenvalue weighted by Gasteiger charge is -2.13. The molecular formula is C27H32N6. The van der Waals surface area contributed by atoms with Gasteiger partial charge in [-0.25, -0.2) is 4.98 Å². The Hall–Kier alpha value is -3.98. The molecule has 0 atom stereocenters. The number of rotatable bonds is 10. The van der Waals surface area contributed by atoms with Gasteiger partial charge in [0.25, 0.3) is 0 Å². The summed E-state index contributed by atoms with van der Waals surface area (Å²) in [6, 6.07) is 6.06. The van der Waals surface area contributed by atoms with Crippen molar-refractivity contribution in [2.75, 3.05) is 12.4 Å². The van der Waals surface area contributed by atoms with Crippen molar-refractivity contribution in [2.45, 2.75) is 40.7 Å². The molecule has 0 radical (unpaired) electrons. The fourth-order valence-electron chi connectivity index (χ4n) is 3.49. The number of anilines is 1. The Bertz CT molecular complexity index is 1150. The van der Waals surface area contributed by atoms with E-state index in [0.29, 0.717) is 17.8 Å². The van der Waals surface area contributed by atoms with E-state index in [-0.39, 0.29) is 0 Å². The number of nitriles is 1. The minimum atomic E-state index is 0.479. The normalized spacial score (nSPS) is 12.5. The third-order valence-electron chi connectivity index (χ3n) is 5.02. The zero-order chi connectivity index (χ0) is 24.2. The highest BCUT2D eigenvalue weighted by Gasteiger charge is 2.11. The molecule has 0 amide bonds. The zero-order valence-corrected chi connectivity index (χ0v) is 20.0. The van der Waals surface area contributed by atoms with E-state index in [4.69, 9.17) is 5.41 Å². The average Bonchev–Trinajstić information content (AvgIpc) is 2.82. The van der Waals surface area contributed by atoms with Crippen molar-refractivity contribution < 1.29 is 0 Å². The van der Waals surface area contributed by atoms with Gasteiger partial charge in [0.15, 0.2) is 0 Å². The summed E-state index contributed by atoms with van der Waals surface area (Å²) in [6.45, 7) is 8.56. The first-order valence-corrected chi connectivity index (χ1v) is 11.0. The van der Waals surface area contributed by atoms with Crippen LogP contribution in [0.1, 0.15) is 55.1 Å². The largest absolute Gasteiger partial charge is 0.393 e. The molecule has 170 valence electrons. The molecule has 6 heteroatoms. The first-order valence-electron chi connectivity index (χ1n) is 11.0. The first kappa shape index (κ1) is 25.3. The molecule has 0 fully saturated rings. The van der Waals surface area contributed by atoms with Gasteiger partial charge in [-0.15, -0.1) is 0 Å². The Morgan fingerprint density at radius 2 is 2.06 bits per heavy atom. The Morgan fingerprint density at radius 1 is 1.27 bits per heavy atom. The second kappa shape index (κ2) is 12.8. The van der Waals surface area contributed by atoms with Crippen molar-refractivity contribution in [3.8, 4) is 6.07 Å². The smallest absolute Gasteiger partial charge is 0.129 e. The van der Waals surface area contributed by atoms with E-state index in [9.17, 15) is 5.26 Å². The van der Waals surface area contributed by atoms with Gasteiger partial charge in [0.2, 0.25) is 0 Å². The standard InChI is InChI=1S/C27H32N6/c1-6-8-19(3)12-22(9-7-2)26-23(14-28)13-21(16-32-26)17-33-27-20(4)25(10-11-31-27)24(15-29)18-30-5/h7-13,15-16,18,29-30H,6,17H2,1-5H3,(H,31,33)/b9-7-,19-8+,22-12+,24-18+,29-15?. The lowest BCUT2D eigenvalue weighted by molar-refractivity contribution is 1.06. The third-order valence-corrected chi connectivity index (χ3v) is 5.02. The molecule has 33 heavy (non-hydrogen) atoms. The quantitative estimate of drug-likeness (QED) is 0.321. The number of hydrogen-bond acceptors (Lipinski definition) is 6. The van der Waals surface area contributed by atoms with E-state index in [2.05, 4.69) is 52.7 Å². The molecule has 0 aliphatic heterocycles. The molecule has 0 aliphatic carbocycles. The van der Waals surface area contributed by atoms with E-state index in [1.54, 1.807) is 25.6 Å². The van der Waals surface area contributed by atoms with E-state index >= 15 is 0 Å². The van der Waals surface area contributed by atoms with Crippen LogP contribution >= 0.6 is 0 Å². The van der Waals surface area contributed by atoms with Gasteiger partial charge in [-0.2, -0.15) is 5.26 Å². The molecule has 2 aromatic rings. The van der Waals surface area contributed by atoms with Crippen LogP contribution in [0.3, 0.4) is 0 Å². The van der Waals surface area contributed by atoms with E-state index in [1.165, 1.54) is 6.21 Å². The van der Waals surface area contributed by atoms with E-state index in [0.717, 1.165) is 45.6 Å². The molecule has 0 aromatic carbocycles. The molecule has 0 spiro atoms. The summed E-state index contributed by atoms with van der Waals surface area (Å²) in [4.78, 5) is 9.07. The number of allylic oxidation sites excluding steroid dienone is 7. The molecular weight excluding hydrogens is 408 g/mol. The van der Waals surface area contributed by atoms with Crippen LogP contribution in [0.15, 0.2) is 60.6 Å². The molecule has 6 nitrogen and oxygen atoms in total. The van der Waals surface area contributed by atoms with Crippen LogP contribution in [0.2, 0.25) is 0 Å². The van der Waals surface area contributed by atoms with Crippen LogP contribution in [0, 0.1) is 23.7 Å². The Balaban J connectivity index is 2.33. The Labute approximate surface area is 197 Å². The van der Waals surface area contributed by atoms with Gasteiger partial charge in [0.1, 0.15) is 11.9 Å². The summed E-state index contributed by atoms with van der Waals surface area (Å²) in [5.74, 6) is 0.730. The summed E-state index contributed by atoms with van der Waals surface area (Å²) in [7, 11) is 1.81. The van der Waals surface area contributed by atoms with Crippen molar-refractivity contribution in [3.63, 3.8) is 0 Å². The molecule has 0 aliphatic rings.